The van der Waals surface area contributed by atoms with Crippen LogP contribution in [0.15, 0.2) is 30.3 Å². The zero-order valence-corrected chi connectivity index (χ0v) is 11.3. The van der Waals surface area contributed by atoms with Crippen LogP contribution in [-0.4, -0.2) is 11.4 Å². The minimum Gasteiger partial charge on any atom is -0.351 e. The Labute approximate surface area is 104 Å². The molecule has 0 radical (unpaired) electrons. The lowest BCUT2D eigenvalue weighted by Gasteiger charge is -2.27. The van der Waals surface area contributed by atoms with Crippen LogP contribution < -0.4 is 5.32 Å². The van der Waals surface area contributed by atoms with Crippen LogP contribution in [0.1, 0.15) is 52.0 Å². The van der Waals surface area contributed by atoms with E-state index in [9.17, 15) is 4.79 Å². The summed E-state index contributed by atoms with van der Waals surface area (Å²) in [6.07, 6.45) is 1.76. The van der Waals surface area contributed by atoms with E-state index in [0.717, 1.165) is 18.4 Å². The van der Waals surface area contributed by atoms with Gasteiger partial charge in [-0.3, -0.25) is 4.79 Å². The van der Waals surface area contributed by atoms with Gasteiger partial charge in [-0.05, 0) is 32.3 Å². The van der Waals surface area contributed by atoms with Crippen LogP contribution in [0.3, 0.4) is 0 Å². The first-order valence-corrected chi connectivity index (χ1v) is 6.37. The third-order valence-corrected chi connectivity index (χ3v) is 3.27. The Morgan fingerprint density at radius 2 is 1.82 bits per heavy atom. The third kappa shape index (κ3) is 3.88. The SMILES string of the molecule is CC[C@@H](C(=O)NC(C)(C)CC)c1ccccc1. The normalized spacial score (nSPS) is 13.2. The molecular weight excluding hydrogens is 210 g/mol. The molecule has 1 aromatic rings. The fraction of sp³-hybridized carbons (Fsp3) is 0.533. The molecule has 1 N–H and O–H groups in total. The van der Waals surface area contributed by atoms with E-state index in [0.29, 0.717) is 0 Å². The van der Waals surface area contributed by atoms with Crippen LogP contribution >= 0.6 is 0 Å². The van der Waals surface area contributed by atoms with Crippen molar-refractivity contribution in [3.05, 3.63) is 35.9 Å². The van der Waals surface area contributed by atoms with Gasteiger partial charge in [0.1, 0.15) is 0 Å². The number of rotatable bonds is 5. The molecule has 1 amide bonds. The molecular formula is C15H23NO. The zero-order valence-electron chi connectivity index (χ0n) is 11.3. The second kappa shape index (κ2) is 5.85. The Morgan fingerprint density at radius 3 is 2.29 bits per heavy atom. The summed E-state index contributed by atoms with van der Waals surface area (Å²) in [4.78, 5) is 12.2. The van der Waals surface area contributed by atoms with Gasteiger partial charge in [0.2, 0.25) is 5.91 Å². The molecule has 0 saturated heterocycles. The van der Waals surface area contributed by atoms with Crippen molar-refractivity contribution in [2.75, 3.05) is 0 Å². The summed E-state index contributed by atoms with van der Waals surface area (Å²) < 4.78 is 0. The van der Waals surface area contributed by atoms with E-state index in [2.05, 4.69) is 33.0 Å². The Bertz CT molecular complexity index is 356. The van der Waals surface area contributed by atoms with E-state index in [1.54, 1.807) is 0 Å². The van der Waals surface area contributed by atoms with Crippen LogP contribution in [0.4, 0.5) is 0 Å². The summed E-state index contributed by atoms with van der Waals surface area (Å²) in [5.41, 5.74) is 0.971. The van der Waals surface area contributed by atoms with Crippen LogP contribution in [0, 0.1) is 0 Å². The Balaban J connectivity index is 2.79. The highest BCUT2D eigenvalue weighted by Crippen LogP contribution is 2.21. The van der Waals surface area contributed by atoms with Gasteiger partial charge in [0.25, 0.3) is 0 Å². The van der Waals surface area contributed by atoms with E-state index >= 15 is 0 Å². The molecule has 0 aliphatic heterocycles. The molecule has 94 valence electrons. The van der Waals surface area contributed by atoms with Gasteiger partial charge in [-0.1, -0.05) is 44.2 Å². The molecule has 1 aromatic carbocycles. The molecule has 0 spiro atoms. The van der Waals surface area contributed by atoms with Crippen molar-refractivity contribution in [3.63, 3.8) is 0 Å². The molecule has 0 fully saturated rings. The Hall–Kier alpha value is -1.31. The molecule has 0 aromatic heterocycles. The fourth-order valence-electron chi connectivity index (χ4n) is 1.77. The topological polar surface area (TPSA) is 29.1 Å². The molecule has 1 atom stereocenters. The summed E-state index contributed by atoms with van der Waals surface area (Å²) >= 11 is 0. The molecule has 0 aliphatic rings. The standard InChI is InChI=1S/C15H23NO/c1-5-13(12-10-8-7-9-11-12)14(17)16-15(3,4)6-2/h7-11,13H,5-6H2,1-4H3,(H,16,17)/t13-/m1/s1. The molecule has 0 aliphatic carbocycles. The molecule has 0 heterocycles. The first kappa shape index (κ1) is 13.8. The van der Waals surface area contributed by atoms with Gasteiger partial charge in [0, 0.05) is 5.54 Å². The number of carbonyl (C=O) groups is 1. The first-order valence-electron chi connectivity index (χ1n) is 6.37. The Morgan fingerprint density at radius 1 is 1.24 bits per heavy atom. The average Bonchev–Trinajstić information content (AvgIpc) is 2.31. The van der Waals surface area contributed by atoms with E-state index < -0.39 is 0 Å². The third-order valence-electron chi connectivity index (χ3n) is 3.27. The summed E-state index contributed by atoms with van der Waals surface area (Å²) in [7, 11) is 0. The smallest absolute Gasteiger partial charge is 0.227 e. The number of hydrogen-bond donors (Lipinski definition) is 1. The number of carbonyl (C=O) groups excluding carboxylic acids is 1. The monoisotopic (exact) mass is 233 g/mol. The van der Waals surface area contributed by atoms with E-state index in [1.807, 2.05) is 30.3 Å². The van der Waals surface area contributed by atoms with E-state index in [4.69, 9.17) is 0 Å². The van der Waals surface area contributed by atoms with Crippen LogP contribution in [0.25, 0.3) is 0 Å². The maximum absolute atomic E-state index is 12.2. The van der Waals surface area contributed by atoms with Crippen LogP contribution in [0.2, 0.25) is 0 Å². The van der Waals surface area contributed by atoms with Crippen molar-refractivity contribution in [2.24, 2.45) is 0 Å². The van der Waals surface area contributed by atoms with Gasteiger partial charge >= 0.3 is 0 Å². The molecule has 17 heavy (non-hydrogen) atoms. The van der Waals surface area contributed by atoms with Gasteiger partial charge in [-0.25, -0.2) is 0 Å². The minimum atomic E-state index is -0.126. The molecule has 1 rings (SSSR count). The number of hydrogen-bond acceptors (Lipinski definition) is 1. The van der Waals surface area contributed by atoms with Crippen molar-refractivity contribution in [1.82, 2.24) is 5.32 Å². The highest BCUT2D eigenvalue weighted by Gasteiger charge is 2.24. The van der Waals surface area contributed by atoms with Gasteiger partial charge in [-0.15, -0.1) is 0 Å². The summed E-state index contributed by atoms with van der Waals surface area (Å²) in [6, 6.07) is 9.98. The summed E-state index contributed by atoms with van der Waals surface area (Å²) in [5.74, 6) is 0.0903. The van der Waals surface area contributed by atoms with Gasteiger partial charge in [0.05, 0.1) is 5.92 Å². The fourth-order valence-corrected chi connectivity index (χ4v) is 1.77. The number of amides is 1. The van der Waals surface area contributed by atoms with Crippen molar-refractivity contribution in [3.8, 4) is 0 Å². The lowest BCUT2D eigenvalue weighted by atomic mass is 9.93. The van der Waals surface area contributed by atoms with Crippen LogP contribution in [-0.2, 0) is 4.79 Å². The lowest BCUT2D eigenvalue weighted by Crippen LogP contribution is -2.44. The van der Waals surface area contributed by atoms with Gasteiger partial charge < -0.3 is 5.32 Å². The second-order valence-corrected chi connectivity index (χ2v) is 5.10. The predicted octanol–water partition coefficient (Wildman–Crippen LogP) is 3.49. The van der Waals surface area contributed by atoms with Gasteiger partial charge in [-0.2, -0.15) is 0 Å². The average molecular weight is 233 g/mol. The van der Waals surface area contributed by atoms with Crippen LogP contribution in [0.5, 0.6) is 0 Å². The largest absolute Gasteiger partial charge is 0.351 e. The molecule has 0 saturated carbocycles. The highest BCUT2D eigenvalue weighted by atomic mass is 16.2. The van der Waals surface area contributed by atoms with Crippen molar-refractivity contribution >= 4 is 5.91 Å². The molecule has 0 unspecified atom stereocenters. The maximum Gasteiger partial charge on any atom is 0.227 e. The van der Waals surface area contributed by atoms with Gasteiger partial charge in [0.15, 0.2) is 0 Å². The molecule has 2 nitrogen and oxygen atoms in total. The van der Waals surface area contributed by atoms with Crippen molar-refractivity contribution < 1.29 is 4.79 Å². The van der Waals surface area contributed by atoms with Crippen molar-refractivity contribution in [2.45, 2.75) is 52.0 Å². The molecule has 2 heteroatoms. The highest BCUT2D eigenvalue weighted by molar-refractivity contribution is 5.84. The predicted molar refractivity (Wildman–Crippen MR) is 72.0 cm³/mol. The molecule has 0 bridgehead atoms. The number of benzene rings is 1. The summed E-state index contributed by atoms with van der Waals surface area (Å²) in [6.45, 7) is 8.26. The van der Waals surface area contributed by atoms with E-state index in [1.165, 1.54) is 0 Å². The number of nitrogens with one attached hydrogen (secondary N) is 1. The first-order chi connectivity index (χ1) is 8.00. The minimum absolute atomic E-state index is 0.0398. The van der Waals surface area contributed by atoms with E-state index in [-0.39, 0.29) is 17.4 Å². The maximum atomic E-state index is 12.2. The quantitative estimate of drug-likeness (QED) is 0.828. The zero-order chi connectivity index (χ0) is 12.9. The van der Waals surface area contributed by atoms with Crippen molar-refractivity contribution in [1.29, 1.82) is 0 Å². The Kier molecular flexibility index (Phi) is 4.73. The second-order valence-electron chi connectivity index (χ2n) is 5.10. The lowest BCUT2D eigenvalue weighted by molar-refractivity contribution is -0.124. The summed E-state index contributed by atoms with van der Waals surface area (Å²) in [5, 5.41) is 3.12.